The molecule has 82 valence electrons. The van der Waals surface area contributed by atoms with Crippen LogP contribution in [0.1, 0.15) is 18.9 Å². The van der Waals surface area contributed by atoms with Gasteiger partial charge in [-0.3, -0.25) is 9.36 Å². The summed E-state index contributed by atoms with van der Waals surface area (Å²) in [6.07, 6.45) is 4.70. The molecule has 3 rings (SSSR count). The molecule has 16 heavy (non-hydrogen) atoms. The van der Waals surface area contributed by atoms with Crippen molar-refractivity contribution < 1.29 is 4.39 Å². The third-order valence-corrected chi connectivity index (χ3v) is 3.24. The lowest BCUT2D eigenvalue weighted by Crippen LogP contribution is -2.21. The molecule has 1 fully saturated rings. The standard InChI is InChI=1S/C10H7BrFN3O/c11-6-3-13-9(12)7-8(6)14-4-15(10(7)16)5-1-2-5/h3-5H,1-2H2. The topological polar surface area (TPSA) is 47.8 Å². The van der Waals surface area contributed by atoms with Crippen LogP contribution in [0.2, 0.25) is 0 Å². The van der Waals surface area contributed by atoms with Crippen LogP contribution in [-0.2, 0) is 0 Å². The maximum Gasteiger partial charge on any atom is 0.266 e. The third-order valence-electron chi connectivity index (χ3n) is 2.66. The number of nitrogens with zero attached hydrogens (tertiary/aromatic N) is 3. The normalized spacial score (nSPS) is 15.6. The number of halogens is 2. The molecule has 0 aliphatic heterocycles. The molecule has 1 saturated carbocycles. The molecule has 1 aliphatic rings. The van der Waals surface area contributed by atoms with Gasteiger partial charge in [-0.25, -0.2) is 9.97 Å². The van der Waals surface area contributed by atoms with E-state index in [1.165, 1.54) is 17.1 Å². The van der Waals surface area contributed by atoms with Crippen LogP contribution in [0.3, 0.4) is 0 Å². The van der Waals surface area contributed by atoms with Crippen LogP contribution < -0.4 is 5.56 Å². The van der Waals surface area contributed by atoms with Gasteiger partial charge in [-0.15, -0.1) is 0 Å². The fourth-order valence-electron chi connectivity index (χ4n) is 1.69. The summed E-state index contributed by atoms with van der Waals surface area (Å²) in [5.41, 5.74) is -0.0202. The molecule has 6 heteroatoms. The summed E-state index contributed by atoms with van der Waals surface area (Å²) < 4.78 is 15.5. The highest BCUT2D eigenvalue weighted by molar-refractivity contribution is 9.10. The molecule has 0 amide bonds. The third kappa shape index (κ3) is 1.36. The zero-order valence-corrected chi connectivity index (χ0v) is 9.74. The second-order valence-electron chi connectivity index (χ2n) is 3.81. The first-order chi connectivity index (χ1) is 7.68. The first kappa shape index (κ1) is 9.89. The van der Waals surface area contributed by atoms with Gasteiger partial charge in [0.05, 0.1) is 16.3 Å². The van der Waals surface area contributed by atoms with Gasteiger partial charge in [0.15, 0.2) is 0 Å². The van der Waals surface area contributed by atoms with E-state index in [0.29, 0.717) is 9.99 Å². The van der Waals surface area contributed by atoms with Crippen molar-refractivity contribution in [3.8, 4) is 0 Å². The van der Waals surface area contributed by atoms with Gasteiger partial charge in [0.1, 0.15) is 5.39 Å². The van der Waals surface area contributed by atoms with Gasteiger partial charge in [0, 0.05) is 12.2 Å². The molecule has 2 heterocycles. The minimum absolute atomic E-state index is 0.0382. The van der Waals surface area contributed by atoms with E-state index in [1.54, 1.807) is 0 Å². The van der Waals surface area contributed by atoms with Crippen LogP contribution in [-0.4, -0.2) is 14.5 Å². The van der Waals surface area contributed by atoms with Crippen LogP contribution in [0.25, 0.3) is 10.9 Å². The van der Waals surface area contributed by atoms with Gasteiger partial charge in [0.2, 0.25) is 5.95 Å². The van der Waals surface area contributed by atoms with Crippen molar-refractivity contribution >= 4 is 26.8 Å². The largest absolute Gasteiger partial charge is 0.295 e. The first-order valence-corrected chi connectivity index (χ1v) is 5.68. The van der Waals surface area contributed by atoms with Crippen molar-refractivity contribution in [1.82, 2.24) is 14.5 Å². The Morgan fingerprint density at radius 3 is 2.88 bits per heavy atom. The summed E-state index contributed by atoms with van der Waals surface area (Å²) in [7, 11) is 0. The summed E-state index contributed by atoms with van der Waals surface area (Å²) in [6.45, 7) is 0. The summed E-state index contributed by atoms with van der Waals surface area (Å²) in [4.78, 5) is 19.6. The van der Waals surface area contributed by atoms with E-state index in [9.17, 15) is 9.18 Å². The lowest BCUT2D eigenvalue weighted by molar-refractivity contribution is 0.590. The second-order valence-corrected chi connectivity index (χ2v) is 4.66. The van der Waals surface area contributed by atoms with E-state index >= 15 is 0 Å². The average Bonchev–Trinajstić information content (AvgIpc) is 3.07. The predicted molar refractivity (Wildman–Crippen MR) is 59.7 cm³/mol. The Kier molecular flexibility index (Phi) is 2.07. The molecule has 2 aromatic heterocycles. The maximum atomic E-state index is 13.5. The van der Waals surface area contributed by atoms with E-state index in [-0.39, 0.29) is 17.0 Å². The number of fused-ring (bicyclic) bond motifs is 1. The predicted octanol–water partition coefficient (Wildman–Crippen LogP) is 2.03. The Labute approximate surface area is 98.3 Å². The van der Waals surface area contributed by atoms with Crippen LogP contribution in [0.5, 0.6) is 0 Å². The molecule has 0 saturated heterocycles. The van der Waals surface area contributed by atoms with Crippen LogP contribution in [0.15, 0.2) is 21.8 Å². The van der Waals surface area contributed by atoms with Crippen LogP contribution >= 0.6 is 15.9 Å². The summed E-state index contributed by atoms with van der Waals surface area (Å²) >= 11 is 3.20. The molecule has 1 aliphatic carbocycles. The van der Waals surface area contributed by atoms with E-state index in [2.05, 4.69) is 25.9 Å². The molecular weight excluding hydrogens is 277 g/mol. The van der Waals surface area contributed by atoms with Gasteiger partial charge < -0.3 is 0 Å². The first-order valence-electron chi connectivity index (χ1n) is 4.89. The Bertz CT molecular complexity index is 636. The van der Waals surface area contributed by atoms with Crippen molar-refractivity contribution in [2.24, 2.45) is 0 Å². The molecular formula is C10H7BrFN3O. The van der Waals surface area contributed by atoms with E-state index in [0.717, 1.165) is 12.8 Å². The molecule has 0 radical (unpaired) electrons. The lowest BCUT2D eigenvalue weighted by Gasteiger charge is -2.05. The number of hydrogen-bond donors (Lipinski definition) is 0. The maximum absolute atomic E-state index is 13.5. The van der Waals surface area contributed by atoms with Crippen molar-refractivity contribution in [2.75, 3.05) is 0 Å². The van der Waals surface area contributed by atoms with Gasteiger partial charge in [0.25, 0.3) is 5.56 Å². The van der Waals surface area contributed by atoms with Crippen molar-refractivity contribution in [3.05, 3.63) is 33.3 Å². The minimum atomic E-state index is -0.759. The van der Waals surface area contributed by atoms with Crippen molar-refractivity contribution in [2.45, 2.75) is 18.9 Å². The summed E-state index contributed by atoms with van der Waals surface area (Å²) in [6, 6.07) is 0.183. The number of rotatable bonds is 1. The van der Waals surface area contributed by atoms with Crippen molar-refractivity contribution in [1.29, 1.82) is 0 Å². The van der Waals surface area contributed by atoms with Gasteiger partial charge in [-0.1, -0.05) is 0 Å². The molecule has 0 atom stereocenters. The fourth-order valence-corrected chi connectivity index (χ4v) is 2.09. The quantitative estimate of drug-likeness (QED) is 0.753. The summed E-state index contributed by atoms with van der Waals surface area (Å²) in [5.74, 6) is -0.759. The molecule has 0 aromatic carbocycles. The average molecular weight is 284 g/mol. The second kappa shape index (κ2) is 3.35. The smallest absolute Gasteiger partial charge is 0.266 e. The van der Waals surface area contributed by atoms with Crippen LogP contribution in [0.4, 0.5) is 4.39 Å². The van der Waals surface area contributed by atoms with E-state index < -0.39 is 5.95 Å². The monoisotopic (exact) mass is 283 g/mol. The highest BCUT2D eigenvalue weighted by Crippen LogP contribution is 2.33. The Morgan fingerprint density at radius 2 is 2.19 bits per heavy atom. The molecule has 4 nitrogen and oxygen atoms in total. The van der Waals surface area contributed by atoms with E-state index in [1.807, 2.05) is 0 Å². The van der Waals surface area contributed by atoms with E-state index in [4.69, 9.17) is 0 Å². The summed E-state index contributed by atoms with van der Waals surface area (Å²) in [5, 5.41) is -0.0382. The molecule has 0 bridgehead atoms. The van der Waals surface area contributed by atoms with Gasteiger partial charge in [-0.2, -0.15) is 4.39 Å². The molecule has 2 aromatic rings. The van der Waals surface area contributed by atoms with Crippen LogP contribution in [0, 0.1) is 5.95 Å². The lowest BCUT2D eigenvalue weighted by atomic mass is 10.3. The van der Waals surface area contributed by atoms with Gasteiger partial charge >= 0.3 is 0 Å². The zero-order chi connectivity index (χ0) is 11.3. The Balaban J connectivity index is 2.43. The van der Waals surface area contributed by atoms with Crippen molar-refractivity contribution in [3.63, 3.8) is 0 Å². The number of pyridine rings is 1. The number of hydrogen-bond acceptors (Lipinski definition) is 3. The molecule has 0 N–H and O–H groups in total. The van der Waals surface area contributed by atoms with Gasteiger partial charge in [-0.05, 0) is 28.8 Å². The molecule has 0 unspecified atom stereocenters. The minimum Gasteiger partial charge on any atom is -0.295 e. The fraction of sp³-hybridized carbons (Fsp3) is 0.300. The molecule has 0 spiro atoms. The highest BCUT2D eigenvalue weighted by Gasteiger charge is 2.26. The zero-order valence-electron chi connectivity index (χ0n) is 8.15. The highest BCUT2D eigenvalue weighted by atomic mass is 79.9. The Morgan fingerprint density at radius 1 is 1.44 bits per heavy atom. The SMILES string of the molecule is O=c1c2c(F)ncc(Br)c2ncn1C1CC1. The Hall–Kier alpha value is -1.30. The number of aromatic nitrogens is 3.